The Morgan fingerprint density at radius 2 is 1.77 bits per heavy atom. The van der Waals surface area contributed by atoms with Crippen LogP contribution in [0.25, 0.3) is 11.3 Å². The topological polar surface area (TPSA) is 113 Å². The van der Waals surface area contributed by atoms with Gasteiger partial charge in [0.05, 0.1) is 12.3 Å². The lowest BCUT2D eigenvalue weighted by atomic mass is 10.0. The lowest BCUT2D eigenvalue weighted by Crippen LogP contribution is -2.31. The van der Waals surface area contributed by atoms with Crippen molar-refractivity contribution in [3.05, 3.63) is 91.4 Å². The number of rotatable bonds is 21. The molecule has 3 aromatic rings. The number of imidazole rings is 1. The predicted molar refractivity (Wildman–Crippen MR) is 190 cm³/mol. The zero-order valence-corrected chi connectivity index (χ0v) is 29.4. The van der Waals surface area contributed by atoms with Crippen LogP contribution >= 0.6 is 0 Å². The maximum atomic E-state index is 13.6. The van der Waals surface area contributed by atoms with E-state index in [1.165, 1.54) is 0 Å². The van der Waals surface area contributed by atoms with E-state index in [1.807, 2.05) is 59.3 Å². The van der Waals surface area contributed by atoms with Crippen LogP contribution in [-0.4, -0.2) is 62.7 Å². The van der Waals surface area contributed by atoms with E-state index >= 15 is 0 Å². The van der Waals surface area contributed by atoms with Crippen LogP contribution in [0.2, 0.25) is 25.7 Å². The lowest BCUT2D eigenvalue weighted by Gasteiger charge is -2.20. The van der Waals surface area contributed by atoms with Gasteiger partial charge in [0.25, 0.3) is 0 Å². The highest BCUT2D eigenvalue weighted by molar-refractivity contribution is 6.76. The summed E-state index contributed by atoms with van der Waals surface area (Å²) in [6, 6.07) is 15.6. The molecule has 3 rings (SSSR count). The summed E-state index contributed by atoms with van der Waals surface area (Å²) in [4.78, 5) is 31.4. The molecule has 0 bridgehead atoms. The normalized spacial score (nSPS) is 12.5. The van der Waals surface area contributed by atoms with Crippen molar-refractivity contribution in [2.75, 3.05) is 37.7 Å². The Hall–Kier alpha value is -4.19. The van der Waals surface area contributed by atoms with Crippen LogP contribution in [0, 0.1) is 0 Å². The summed E-state index contributed by atoms with van der Waals surface area (Å²) in [5.74, 6) is -0.993. The van der Waals surface area contributed by atoms with Gasteiger partial charge in [-0.2, -0.15) is 0 Å². The van der Waals surface area contributed by atoms with Crippen LogP contribution in [0.4, 0.5) is 11.4 Å². The molecule has 0 aliphatic carbocycles. The van der Waals surface area contributed by atoms with Crippen molar-refractivity contribution in [1.82, 2.24) is 9.55 Å². The van der Waals surface area contributed by atoms with Gasteiger partial charge in [-0.05, 0) is 49.6 Å². The molecule has 47 heavy (non-hydrogen) atoms. The molecule has 0 aliphatic rings. The third-order valence-corrected chi connectivity index (χ3v) is 8.98. The van der Waals surface area contributed by atoms with E-state index in [0.717, 1.165) is 22.9 Å². The number of esters is 2. The second-order valence-electron chi connectivity index (χ2n) is 12.3. The van der Waals surface area contributed by atoms with E-state index in [-0.39, 0.29) is 25.9 Å². The average Bonchev–Trinajstić information content (AvgIpc) is 3.46. The monoisotopic (exact) mass is 662 g/mol. The molecule has 0 saturated carbocycles. The van der Waals surface area contributed by atoms with Gasteiger partial charge in [-0.1, -0.05) is 62.1 Å². The fourth-order valence-electron chi connectivity index (χ4n) is 4.75. The number of carbonyl (C=O) groups is 2. The summed E-state index contributed by atoms with van der Waals surface area (Å²) in [5.41, 5.74) is 3.64. The predicted octanol–water partition coefficient (Wildman–Crippen LogP) is 7.20. The average molecular weight is 663 g/mol. The SMILES string of the molecule is C=CCC(Nc1cc(NCOC)ccc1-c1cn(COCC[Si](C)(C)C)c(C(CC=C)C(=O)OCc2ccccc2)n1)C(=O)OCC. The molecule has 0 amide bonds. The van der Waals surface area contributed by atoms with Crippen LogP contribution in [-0.2, 0) is 41.9 Å². The Balaban J connectivity index is 2.05. The quantitative estimate of drug-likeness (QED) is 0.0402. The number of nitrogens with one attached hydrogen (secondary N) is 2. The van der Waals surface area contributed by atoms with Gasteiger partial charge in [-0.3, -0.25) is 4.79 Å². The number of allylic oxidation sites excluding steroid dienone is 1. The first kappa shape index (κ1) is 37.3. The van der Waals surface area contributed by atoms with Gasteiger partial charge in [0.15, 0.2) is 0 Å². The van der Waals surface area contributed by atoms with Gasteiger partial charge in [-0.25, -0.2) is 9.78 Å². The zero-order valence-electron chi connectivity index (χ0n) is 28.4. The fraction of sp³-hybridized carbons (Fsp3) is 0.417. The van der Waals surface area contributed by atoms with Crippen LogP contribution < -0.4 is 10.6 Å². The minimum atomic E-state index is -1.32. The Morgan fingerprint density at radius 3 is 2.43 bits per heavy atom. The minimum absolute atomic E-state index is 0.149. The molecule has 0 fully saturated rings. The maximum Gasteiger partial charge on any atom is 0.328 e. The Bertz CT molecular complexity index is 1450. The molecule has 2 unspecified atom stereocenters. The number of hydrogen-bond donors (Lipinski definition) is 2. The highest BCUT2D eigenvalue weighted by Gasteiger charge is 2.28. The fourth-order valence-corrected chi connectivity index (χ4v) is 5.51. The first-order chi connectivity index (χ1) is 22.6. The van der Waals surface area contributed by atoms with Gasteiger partial charge >= 0.3 is 11.9 Å². The van der Waals surface area contributed by atoms with Crippen molar-refractivity contribution in [2.24, 2.45) is 0 Å². The maximum absolute atomic E-state index is 13.6. The summed E-state index contributed by atoms with van der Waals surface area (Å²) in [6.45, 7) is 17.9. The molecule has 0 saturated heterocycles. The third-order valence-electron chi connectivity index (χ3n) is 7.28. The summed E-state index contributed by atoms with van der Waals surface area (Å²) in [5, 5.41) is 6.55. The molecule has 254 valence electrons. The van der Waals surface area contributed by atoms with Crippen molar-refractivity contribution in [3.63, 3.8) is 0 Å². The van der Waals surface area contributed by atoms with E-state index < -0.39 is 26.0 Å². The largest absolute Gasteiger partial charge is 0.464 e. The van der Waals surface area contributed by atoms with Gasteiger partial charge in [0.2, 0.25) is 0 Å². The van der Waals surface area contributed by atoms with E-state index in [9.17, 15) is 9.59 Å². The highest BCUT2D eigenvalue weighted by atomic mass is 28.3. The lowest BCUT2D eigenvalue weighted by molar-refractivity contribution is -0.147. The van der Waals surface area contributed by atoms with Crippen molar-refractivity contribution < 1.29 is 28.5 Å². The number of ether oxygens (including phenoxy) is 4. The number of methoxy groups -OCH3 is 1. The summed E-state index contributed by atoms with van der Waals surface area (Å²) in [6.07, 6.45) is 5.93. The van der Waals surface area contributed by atoms with Crippen LogP contribution in [0.15, 0.2) is 80.0 Å². The zero-order chi connectivity index (χ0) is 34.2. The second kappa shape index (κ2) is 18.8. The molecule has 2 N–H and O–H groups in total. The summed E-state index contributed by atoms with van der Waals surface area (Å²) in [7, 11) is 0.285. The summed E-state index contributed by atoms with van der Waals surface area (Å²) < 4.78 is 24.3. The molecule has 1 aromatic heterocycles. The third kappa shape index (κ3) is 11.8. The molecule has 0 radical (unpaired) electrons. The number of benzene rings is 2. The highest BCUT2D eigenvalue weighted by Crippen LogP contribution is 2.34. The van der Waals surface area contributed by atoms with Crippen LogP contribution in [0.5, 0.6) is 0 Å². The Morgan fingerprint density at radius 1 is 1.02 bits per heavy atom. The first-order valence-electron chi connectivity index (χ1n) is 16.0. The number of nitrogens with zero attached hydrogens (tertiary/aromatic N) is 2. The number of hydrogen-bond acceptors (Lipinski definition) is 9. The minimum Gasteiger partial charge on any atom is -0.464 e. The van der Waals surface area contributed by atoms with E-state index in [1.54, 1.807) is 26.2 Å². The number of anilines is 2. The summed E-state index contributed by atoms with van der Waals surface area (Å²) >= 11 is 0. The molecule has 0 spiro atoms. The van der Waals surface area contributed by atoms with Crippen molar-refractivity contribution in [2.45, 2.75) is 70.7 Å². The molecule has 2 aromatic carbocycles. The van der Waals surface area contributed by atoms with Crippen molar-refractivity contribution in [3.8, 4) is 11.3 Å². The van der Waals surface area contributed by atoms with E-state index in [4.69, 9.17) is 23.9 Å². The first-order valence-corrected chi connectivity index (χ1v) is 19.7. The molecule has 0 aliphatic heterocycles. The van der Waals surface area contributed by atoms with Crippen LogP contribution in [0.3, 0.4) is 0 Å². The molecule has 2 atom stereocenters. The Labute approximate surface area is 280 Å². The number of aromatic nitrogens is 2. The number of carbonyl (C=O) groups excluding carboxylic acids is 2. The van der Waals surface area contributed by atoms with Gasteiger partial charge in [0.1, 0.15) is 37.9 Å². The molecular weight excluding hydrogens is 613 g/mol. The molecule has 1 heterocycles. The van der Waals surface area contributed by atoms with E-state index in [0.29, 0.717) is 43.4 Å². The van der Waals surface area contributed by atoms with Gasteiger partial charge < -0.3 is 34.1 Å². The standard InChI is InChI=1S/C36H50N4O6Si/c1-8-14-30(35(41)46-24-27-16-12-11-13-17-27)34-39-33(23-40(34)26-44-20-21-47(5,6)7)29-19-18-28(37-25-43-4)22-32(29)38-31(15-9-2)36(42)45-10-3/h8-9,11-13,16-19,22-23,30-31,37-38H,1-2,10,14-15,20-21,24-26H2,3-7H3. The van der Waals surface area contributed by atoms with Gasteiger partial charge in [-0.15, -0.1) is 13.2 Å². The van der Waals surface area contributed by atoms with Gasteiger partial charge in [0, 0.05) is 44.9 Å². The van der Waals surface area contributed by atoms with E-state index in [2.05, 4.69) is 43.4 Å². The van der Waals surface area contributed by atoms with Crippen molar-refractivity contribution in [1.29, 1.82) is 0 Å². The van der Waals surface area contributed by atoms with Crippen LogP contribution in [0.1, 0.15) is 37.1 Å². The second-order valence-corrected chi connectivity index (χ2v) is 17.9. The molecule has 11 heteroatoms. The molecular formula is C36H50N4O6Si. The Kier molecular flexibility index (Phi) is 14.9. The van der Waals surface area contributed by atoms with Crippen molar-refractivity contribution >= 4 is 31.4 Å². The smallest absolute Gasteiger partial charge is 0.328 e. The molecule has 10 nitrogen and oxygen atoms in total.